The Morgan fingerprint density at radius 2 is 1.51 bits per heavy atom. The maximum atomic E-state index is 13.1. The van der Waals surface area contributed by atoms with Crippen molar-refractivity contribution in [1.29, 1.82) is 0 Å². The van der Waals surface area contributed by atoms with Gasteiger partial charge in [0.1, 0.15) is 0 Å². The van der Waals surface area contributed by atoms with Crippen molar-refractivity contribution in [2.24, 2.45) is 0 Å². The highest BCUT2D eigenvalue weighted by molar-refractivity contribution is 7.80. The van der Waals surface area contributed by atoms with Crippen molar-refractivity contribution in [3.8, 4) is 0 Å². The molecule has 0 amide bonds. The lowest BCUT2D eigenvalue weighted by Crippen LogP contribution is -2.31. The largest absolute Gasteiger partial charge is 0.416 e. The van der Waals surface area contributed by atoms with Gasteiger partial charge >= 0.3 is 6.18 Å². The molecule has 0 radical (unpaired) electrons. The van der Waals surface area contributed by atoms with Crippen LogP contribution in [0.4, 0.5) is 30.2 Å². The Balaban J connectivity index is 1.36. The third kappa shape index (κ3) is 6.63. The fourth-order valence-electron chi connectivity index (χ4n) is 3.77. The summed E-state index contributed by atoms with van der Waals surface area (Å²) in [6, 6.07) is 24.1. The molecule has 0 atom stereocenters. The Morgan fingerprint density at radius 1 is 0.943 bits per heavy atom. The van der Waals surface area contributed by atoms with Crippen LogP contribution < -0.4 is 20.0 Å². The number of anilines is 3. The molecule has 3 aromatic rings. The summed E-state index contributed by atoms with van der Waals surface area (Å²) in [5.41, 5.74) is 2.28. The molecule has 0 bridgehead atoms. The second-order valence-corrected chi connectivity index (χ2v) is 10.1. The molecule has 4 rings (SSSR count). The summed E-state index contributed by atoms with van der Waals surface area (Å²) < 4.78 is 50.1. The number of thiocarbonyl (C=S) groups is 1. The van der Waals surface area contributed by atoms with Gasteiger partial charge in [-0.05, 0) is 67.2 Å². The second kappa shape index (κ2) is 11.2. The normalized spacial score (nSPS) is 14.3. The number of nitrogens with zero attached hydrogens (tertiary/aromatic N) is 2. The minimum absolute atomic E-state index is 0.242. The summed E-state index contributed by atoms with van der Waals surface area (Å²) in [4.78, 5) is 0. The smallest absolute Gasteiger partial charge is 0.360 e. The van der Waals surface area contributed by atoms with E-state index in [4.69, 9.17) is 16.7 Å². The third-order valence-corrected chi connectivity index (χ3v) is 7.65. The maximum absolute atomic E-state index is 13.1. The van der Waals surface area contributed by atoms with Crippen molar-refractivity contribution >= 4 is 42.8 Å². The zero-order valence-corrected chi connectivity index (χ0v) is 20.8. The molecule has 3 aromatic carbocycles. The molecule has 0 saturated carbocycles. The maximum Gasteiger partial charge on any atom is 0.416 e. The average Bonchev–Trinajstić information content (AvgIpc) is 3.26. The number of hydrogen-bond donors (Lipinski definition) is 2. The summed E-state index contributed by atoms with van der Waals surface area (Å²) >= 11 is 5.29. The predicted octanol–water partition coefficient (Wildman–Crippen LogP) is 6.57. The lowest BCUT2D eigenvalue weighted by Gasteiger charge is -2.30. The van der Waals surface area contributed by atoms with E-state index < -0.39 is 20.2 Å². The quantitative estimate of drug-likeness (QED) is 0.209. The van der Waals surface area contributed by atoms with Crippen LogP contribution in [-0.2, 0) is 10.7 Å². The number of hydrogen-bond acceptors (Lipinski definition) is 4. The van der Waals surface area contributed by atoms with E-state index in [1.807, 2.05) is 36.4 Å². The van der Waals surface area contributed by atoms with Gasteiger partial charge in [-0.1, -0.05) is 36.4 Å². The molecular weight excluding hydrogens is 492 g/mol. The summed E-state index contributed by atoms with van der Waals surface area (Å²) in [5, 5.41) is 6.11. The molecule has 0 aliphatic carbocycles. The molecule has 35 heavy (non-hydrogen) atoms. The molecule has 1 heterocycles. The summed E-state index contributed by atoms with van der Waals surface area (Å²) in [6.45, 7) is 4.08. The number of para-hydroxylation sites is 2. The van der Waals surface area contributed by atoms with Gasteiger partial charge in [0.2, 0.25) is 8.45 Å². The number of aryl methyl sites for hydroxylation is 1. The van der Waals surface area contributed by atoms with Crippen molar-refractivity contribution < 1.29 is 17.7 Å². The van der Waals surface area contributed by atoms with E-state index in [0.29, 0.717) is 24.4 Å². The highest BCUT2D eigenvalue weighted by Gasteiger charge is 2.35. The van der Waals surface area contributed by atoms with Crippen LogP contribution in [0.3, 0.4) is 0 Å². The van der Waals surface area contributed by atoms with Crippen LogP contribution in [0.15, 0.2) is 78.9 Å². The number of alkyl halides is 3. The molecule has 0 aromatic heterocycles. The molecule has 2 N–H and O–H groups in total. The van der Waals surface area contributed by atoms with Gasteiger partial charge in [0.15, 0.2) is 5.11 Å². The lowest BCUT2D eigenvalue weighted by molar-refractivity contribution is -0.137. The number of rotatable bonds is 7. The first-order valence-corrected chi connectivity index (χ1v) is 12.7. The van der Waals surface area contributed by atoms with Gasteiger partial charge in [-0.15, -0.1) is 0 Å². The minimum atomic E-state index is -4.41. The van der Waals surface area contributed by atoms with E-state index in [9.17, 15) is 13.2 Å². The summed E-state index contributed by atoms with van der Waals surface area (Å²) in [7, 11) is -1.09. The second-order valence-electron chi connectivity index (χ2n) is 7.97. The Bertz CT molecular complexity index is 1090. The van der Waals surface area contributed by atoms with Gasteiger partial charge < -0.3 is 24.5 Å². The van der Waals surface area contributed by atoms with Gasteiger partial charge in [-0.3, -0.25) is 0 Å². The molecule has 1 saturated heterocycles. The number of nitrogens with one attached hydrogen (secondary N) is 2. The van der Waals surface area contributed by atoms with E-state index in [1.165, 1.54) is 0 Å². The Labute approximate surface area is 209 Å². The number of benzene rings is 3. The van der Waals surface area contributed by atoms with Gasteiger partial charge in [-0.25, -0.2) is 0 Å². The first-order chi connectivity index (χ1) is 16.8. The van der Waals surface area contributed by atoms with E-state index in [1.54, 1.807) is 13.0 Å². The SMILES string of the molecule is Cc1cc(NC(=S)NCCOP2N(c3ccccc3)CCN2c2ccccc2)cc(C(F)(F)F)c1. The van der Waals surface area contributed by atoms with Crippen LogP contribution in [-0.4, -0.2) is 31.4 Å². The number of halogens is 3. The van der Waals surface area contributed by atoms with Crippen LogP contribution in [0, 0.1) is 6.92 Å². The Kier molecular flexibility index (Phi) is 8.11. The molecule has 0 unspecified atom stereocenters. The fraction of sp³-hybridized carbons (Fsp3) is 0.240. The highest BCUT2D eigenvalue weighted by atomic mass is 32.1. The van der Waals surface area contributed by atoms with Crippen molar-refractivity contribution in [2.75, 3.05) is 40.9 Å². The van der Waals surface area contributed by atoms with E-state index >= 15 is 0 Å². The predicted molar refractivity (Wildman–Crippen MR) is 141 cm³/mol. The Hall–Kier alpha value is -2.87. The minimum Gasteiger partial charge on any atom is -0.360 e. The van der Waals surface area contributed by atoms with Gasteiger partial charge in [0.05, 0.1) is 12.2 Å². The van der Waals surface area contributed by atoms with Crippen LogP contribution in [0.25, 0.3) is 0 Å². The molecule has 5 nitrogen and oxygen atoms in total. The zero-order chi connectivity index (χ0) is 24.8. The lowest BCUT2D eigenvalue weighted by atomic mass is 10.1. The van der Waals surface area contributed by atoms with Crippen LogP contribution >= 0.6 is 20.7 Å². The first-order valence-electron chi connectivity index (χ1n) is 11.1. The molecule has 1 aliphatic heterocycles. The fourth-order valence-corrected chi connectivity index (χ4v) is 5.97. The van der Waals surface area contributed by atoms with Gasteiger partial charge in [0, 0.05) is 36.7 Å². The van der Waals surface area contributed by atoms with Crippen molar-refractivity contribution in [2.45, 2.75) is 13.1 Å². The van der Waals surface area contributed by atoms with Crippen molar-refractivity contribution in [3.63, 3.8) is 0 Å². The van der Waals surface area contributed by atoms with Gasteiger partial charge in [-0.2, -0.15) is 13.2 Å². The van der Waals surface area contributed by atoms with Crippen molar-refractivity contribution in [1.82, 2.24) is 5.32 Å². The molecule has 10 heteroatoms. The first kappa shape index (κ1) is 25.2. The zero-order valence-electron chi connectivity index (χ0n) is 19.1. The molecule has 1 fully saturated rings. The average molecular weight is 519 g/mol. The van der Waals surface area contributed by atoms with Gasteiger partial charge in [0.25, 0.3) is 0 Å². The van der Waals surface area contributed by atoms with Crippen molar-refractivity contribution in [3.05, 3.63) is 90.0 Å². The van der Waals surface area contributed by atoms with E-state index in [0.717, 1.165) is 36.6 Å². The van der Waals surface area contributed by atoms with E-state index in [2.05, 4.69) is 44.2 Å². The van der Waals surface area contributed by atoms with Crippen LogP contribution in [0.2, 0.25) is 0 Å². The monoisotopic (exact) mass is 518 g/mol. The molecule has 184 valence electrons. The van der Waals surface area contributed by atoms with Crippen LogP contribution in [0.5, 0.6) is 0 Å². The third-order valence-electron chi connectivity index (χ3n) is 5.30. The Morgan fingerprint density at radius 3 is 2.06 bits per heavy atom. The highest BCUT2D eigenvalue weighted by Crippen LogP contribution is 2.53. The van der Waals surface area contributed by atoms with E-state index in [-0.39, 0.29) is 5.11 Å². The summed E-state index contributed by atoms with van der Waals surface area (Å²) in [6.07, 6.45) is -4.41. The van der Waals surface area contributed by atoms with Crippen LogP contribution in [0.1, 0.15) is 11.1 Å². The standard InChI is InChI=1S/C25H26F3N4OPS/c1-19-16-20(25(26,27)28)18-21(17-19)30-24(35)29-12-15-33-34-31(22-8-4-2-5-9-22)13-14-32(34)23-10-6-3-7-11-23/h2-11,16-18H,12-15H2,1H3,(H2,29,30,35). The topological polar surface area (TPSA) is 39.8 Å². The molecular formula is C25H26F3N4OPS. The molecule has 0 spiro atoms. The summed E-state index contributed by atoms with van der Waals surface area (Å²) in [5.74, 6) is 0. The molecule has 1 aliphatic rings.